The van der Waals surface area contributed by atoms with Gasteiger partial charge in [-0.3, -0.25) is 4.79 Å². The van der Waals surface area contributed by atoms with Crippen molar-refractivity contribution in [3.05, 3.63) is 53.6 Å². The van der Waals surface area contributed by atoms with E-state index in [1.165, 1.54) is 70.6 Å². The third kappa shape index (κ3) is 10.9. The number of rotatable bonds is 16. The van der Waals surface area contributed by atoms with Crippen molar-refractivity contribution in [3.8, 4) is 11.1 Å². The Morgan fingerprint density at radius 3 is 2.06 bits per heavy atom. The zero-order valence-corrected chi connectivity index (χ0v) is 20.0. The molecule has 0 spiro atoms. The van der Waals surface area contributed by atoms with Gasteiger partial charge < -0.3 is 5.32 Å². The summed E-state index contributed by atoms with van der Waals surface area (Å²) in [6.45, 7) is 2.27. The summed E-state index contributed by atoms with van der Waals surface area (Å²) in [5, 5.41) is 3.72. The lowest BCUT2D eigenvalue weighted by molar-refractivity contribution is -0.116. The predicted molar refractivity (Wildman–Crippen MR) is 135 cm³/mol. The topological polar surface area (TPSA) is 29.1 Å². The number of unbranched alkanes of at least 4 members (excludes halogenated alkanes) is 12. The van der Waals surface area contributed by atoms with Gasteiger partial charge in [-0.15, -0.1) is 0 Å². The van der Waals surface area contributed by atoms with Crippen LogP contribution in [-0.4, -0.2) is 5.91 Å². The normalized spacial score (nSPS) is 10.9. The number of hydrogen-bond acceptors (Lipinski definition) is 1. The predicted octanol–water partition coefficient (Wildman–Crippen LogP) is 9.23. The fraction of sp³-hybridized carbons (Fsp3) is 0.536. The molecule has 0 aromatic heterocycles. The molecular weight excluding hydrogens is 402 g/mol. The fourth-order valence-corrected chi connectivity index (χ4v) is 4.13. The van der Waals surface area contributed by atoms with Crippen molar-refractivity contribution in [2.75, 3.05) is 5.32 Å². The summed E-state index contributed by atoms with van der Waals surface area (Å²) < 4.78 is 0. The van der Waals surface area contributed by atoms with Crippen LogP contribution >= 0.6 is 11.6 Å². The monoisotopic (exact) mass is 440 g/mol. The Morgan fingerprint density at radius 2 is 1.45 bits per heavy atom. The molecule has 2 rings (SSSR count). The van der Waals surface area contributed by atoms with Crippen molar-refractivity contribution in [1.82, 2.24) is 0 Å². The highest BCUT2D eigenvalue weighted by Crippen LogP contribution is 2.29. The van der Waals surface area contributed by atoms with Gasteiger partial charge in [-0.1, -0.05) is 126 Å². The minimum absolute atomic E-state index is 0.0637. The summed E-state index contributed by atoms with van der Waals surface area (Å²) in [5.74, 6) is 0.0637. The summed E-state index contributed by atoms with van der Waals surface area (Å²) >= 11 is 6.12. The number of para-hydroxylation sites is 1. The highest BCUT2D eigenvalue weighted by molar-refractivity contribution is 6.30. The minimum atomic E-state index is 0.0637. The fourth-order valence-electron chi connectivity index (χ4n) is 3.94. The molecule has 31 heavy (non-hydrogen) atoms. The lowest BCUT2D eigenvalue weighted by Gasteiger charge is -2.11. The maximum Gasteiger partial charge on any atom is 0.224 e. The van der Waals surface area contributed by atoms with Gasteiger partial charge in [-0.05, 0) is 24.1 Å². The van der Waals surface area contributed by atoms with Gasteiger partial charge >= 0.3 is 0 Å². The van der Waals surface area contributed by atoms with Crippen molar-refractivity contribution < 1.29 is 4.79 Å². The third-order valence-corrected chi connectivity index (χ3v) is 6.00. The van der Waals surface area contributed by atoms with Gasteiger partial charge in [0.25, 0.3) is 0 Å². The Labute approximate surface area is 194 Å². The summed E-state index contributed by atoms with van der Waals surface area (Å²) in [4.78, 5) is 12.4. The number of hydrogen-bond donors (Lipinski definition) is 1. The second-order valence-electron chi connectivity index (χ2n) is 8.51. The maximum absolute atomic E-state index is 12.4. The van der Waals surface area contributed by atoms with Crippen LogP contribution in [-0.2, 0) is 4.79 Å². The van der Waals surface area contributed by atoms with Gasteiger partial charge in [0, 0.05) is 23.1 Å². The van der Waals surface area contributed by atoms with Gasteiger partial charge in [0.05, 0.1) is 5.69 Å². The van der Waals surface area contributed by atoms with Crippen molar-refractivity contribution in [2.45, 2.75) is 96.8 Å². The van der Waals surface area contributed by atoms with E-state index in [0.717, 1.165) is 29.7 Å². The van der Waals surface area contributed by atoms with Crippen LogP contribution in [0.5, 0.6) is 0 Å². The van der Waals surface area contributed by atoms with Crippen LogP contribution in [0.25, 0.3) is 11.1 Å². The van der Waals surface area contributed by atoms with Crippen molar-refractivity contribution in [2.24, 2.45) is 0 Å². The Morgan fingerprint density at radius 1 is 0.839 bits per heavy atom. The highest BCUT2D eigenvalue weighted by atomic mass is 35.5. The summed E-state index contributed by atoms with van der Waals surface area (Å²) in [5.41, 5.74) is 2.66. The summed E-state index contributed by atoms with van der Waals surface area (Å²) in [6, 6.07) is 16.6. The van der Waals surface area contributed by atoms with E-state index in [4.69, 9.17) is 11.6 Å². The molecule has 0 fully saturated rings. The first kappa shape index (κ1) is 25.5. The van der Waals surface area contributed by atoms with Crippen molar-refractivity contribution >= 4 is 23.2 Å². The smallest absolute Gasteiger partial charge is 0.224 e. The van der Waals surface area contributed by atoms with Crippen LogP contribution in [0.4, 0.5) is 5.69 Å². The van der Waals surface area contributed by atoms with E-state index in [1.807, 2.05) is 42.5 Å². The van der Waals surface area contributed by atoms with Crippen LogP contribution < -0.4 is 5.32 Å². The van der Waals surface area contributed by atoms with Crippen LogP contribution in [0.3, 0.4) is 0 Å². The number of halogens is 1. The Kier molecular flexibility index (Phi) is 13.1. The molecule has 3 heteroatoms. The number of anilines is 1. The first-order valence-corrected chi connectivity index (χ1v) is 12.6. The van der Waals surface area contributed by atoms with E-state index >= 15 is 0 Å². The largest absolute Gasteiger partial charge is 0.325 e. The van der Waals surface area contributed by atoms with Gasteiger partial charge in [0.1, 0.15) is 0 Å². The molecule has 0 aliphatic rings. The van der Waals surface area contributed by atoms with Crippen LogP contribution in [0.15, 0.2) is 42.5 Å². The van der Waals surface area contributed by atoms with Crippen LogP contribution in [0.2, 0.25) is 5.02 Å². The van der Waals surface area contributed by atoms with E-state index in [1.54, 1.807) is 0 Å². The standard InChI is InChI=1S/C28H39ClNO/c1-2-3-4-5-6-7-8-9-10-11-12-13-14-22-28(31)30-27-21-16-15-20-26(27)24-18-17-19-25(29)23-24/h15-20,23H,2-14,22H2,1H3,(H,30,31). The molecule has 2 aromatic rings. The second-order valence-corrected chi connectivity index (χ2v) is 8.95. The molecule has 1 radical (unpaired) electrons. The molecule has 0 saturated heterocycles. The van der Waals surface area contributed by atoms with Gasteiger partial charge in [-0.2, -0.15) is 0 Å². The first-order chi connectivity index (χ1) is 15.2. The quantitative estimate of drug-likeness (QED) is 0.259. The number of amides is 1. The Bertz CT molecular complexity index is 758. The molecule has 0 atom stereocenters. The lowest BCUT2D eigenvalue weighted by Crippen LogP contribution is -2.12. The summed E-state index contributed by atoms with van der Waals surface area (Å²) in [7, 11) is 0. The van der Waals surface area contributed by atoms with E-state index in [-0.39, 0.29) is 5.91 Å². The van der Waals surface area contributed by atoms with Crippen molar-refractivity contribution in [3.63, 3.8) is 0 Å². The minimum Gasteiger partial charge on any atom is -0.325 e. The van der Waals surface area contributed by atoms with Crippen LogP contribution in [0, 0.1) is 6.07 Å². The van der Waals surface area contributed by atoms with E-state index in [2.05, 4.69) is 18.3 Å². The molecule has 0 bridgehead atoms. The van der Waals surface area contributed by atoms with Gasteiger partial charge in [0.15, 0.2) is 0 Å². The van der Waals surface area contributed by atoms with E-state index < -0.39 is 0 Å². The molecule has 0 aliphatic heterocycles. The molecule has 1 N–H and O–H groups in total. The number of carbonyl (C=O) groups is 1. The second kappa shape index (κ2) is 15.9. The molecule has 0 heterocycles. The molecule has 0 saturated carbocycles. The lowest BCUT2D eigenvalue weighted by atomic mass is 10.0. The van der Waals surface area contributed by atoms with Crippen LogP contribution in [0.1, 0.15) is 96.8 Å². The molecule has 2 nitrogen and oxygen atoms in total. The molecule has 0 aliphatic carbocycles. The van der Waals surface area contributed by atoms with Gasteiger partial charge in [-0.25, -0.2) is 0 Å². The average Bonchev–Trinajstić information content (AvgIpc) is 2.77. The first-order valence-electron chi connectivity index (χ1n) is 12.3. The zero-order chi connectivity index (χ0) is 22.2. The number of benzene rings is 2. The molecule has 2 aromatic carbocycles. The highest BCUT2D eigenvalue weighted by Gasteiger charge is 2.09. The summed E-state index contributed by atoms with van der Waals surface area (Å²) in [6.07, 6.45) is 17.6. The molecule has 0 unspecified atom stereocenters. The number of nitrogens with one attached hydrogen (secondary N) is 1. The van der Waals surface area contributed by atoms with Gasteiger partial charge in [0.2, 0.25) is 5.91 Å². The maximum atomic E-state index is 12.4. The van der Waals surface area contributed by atoms with E-state index in [9.17, 15) is 4.79 Å². The zero-order valence-electron chi connectivity index (χ0n) is 19.2. The Balaban J connectivity index is 1.56. The molecular formula is C28H39ClNO. The van der Waals surface area contributed by atoms with Crippen molar-refractivity contribution in [1.29, 1.82) is 0 Å². The van der Waals surface area contributed by atoms with E-state index in [0.29, 0.717) is 11.4 Å². The Hall–Kier alpha value is -1.80. The molecule has 1 amide bonds. The SMILES string of the molecule is CCCCCCCCCCCCCCCC(=O)Nc1[c]cccc1-c1cccc(Cl)c1. The number of carbonyl (C=O) groups excluding carboxylic acids is 1. The molecule has 169 valence electrons. The average molecular weight is 441 g/mol. The third-order valence-electron chi connectivity index (χ3n) is 5.76.